The van der Waals surface area contributed by atoms with E-state index in [-0.39, 0.29) is 5.91 Å². The summed E-state index contributed by atoms with van der Waals surface area (Å²) in [6.45, 7) is 3.12. The molecule has 0 aliphatic rings. The standard InChI is InChI=1S/C4H8NO/c1-4(6)5(2)3/h1H2,2-3H3/q+1. The van der Waals surface area contributed by atoms with Gasteiger partial charge in [0.1, 0.15) is 0 Å². The van der Waals surface area contributed by atoms with Gasteiger partial charge >= 0.3 is 5.91 Å². The fourth-order valence-corrected chi connectivity index (χ4v) is 0. The smallest absolute Gasteiger partial charge is 0.309 e. The van der Waals surface area contributed by atoms with Gasteiger partial charge in [-0.05, 0) is 0 Å². The van der Waals surface area contributed by atoms with Gasteiger partial charge in [-0.2, -0.15) is 0 Å². The number of carbonyl (C=O) groups excluding carboxylic acids is 1. The largest absolute Gasteiger partial charge is 0.401 e. The summed E-state index contributed by atoms with van der Waals surface area (Å²) < 4.78 is 0. The molecule has 0 aliphatic carbocycles. The van der Waals surface area contributed by atoms with E-state index in [1.165, 1.54) is 4.90 Å². The van der Waals surface area contributed by atoms with E-state index in [0.29, 0.717) is 0 Å². The second kappa shape index (κ2) is 1.70. The van der Waals surface area contributed by atoms with Crippen molar-refractivity contribution in [2.45, 2.75) is 0 Å². The Morgan fingerprint density at radius 2 is 1.83 bits per heavy atom. The van der Waals surface area contributed by atoms with Crippen molar-refractivity contribution in [1.29, 1.82) is 0 Å². The molecule has 0 aromatic rings. The van der Waals surface area contributed by atoms with E-state index in [1.807, 2.05) is 0 Å². The van der Waals surface area contributed by atoms with E-state index in [9.17, 15) is 4.79 Å². The zero-order valence-electron chi connectivity index (χ0n) is 4.06. The van der Waals surface area contributed by atoms with Gasteiger partial charge < -0.3 is 4.90 Å². The number of carbonyl (C=O) groups is 1. The molecule has 0 aromatic carbocycles. The van der Waals surface area contributed by atoms with Crippen LogP contribution < -0.4 is 0 Å². The van der Waals surface area contributed by atoms with Crippen LogP contribution in [0.25, 0.3) is 0 Å². The highest BCUT2D eigenvalue weighted by molar-refractivity contribution is 5.79. The van der Waals surface area contributed by atoms with Crippen molar-refractivity contribution in [3.05, 3.63) is 6.92 Å². The van der Waals surface area contributed by atoms with Crippen LogP contribution in [0.3, 0.4) is 0 Å². The molecule has 2 heteroatoms. The monoisotopic (exact) mass is 86.1 g/mol. The molecular weight excluding hydrogens is 78.0 g/mol. The van der Waals surface area contributed by atoms with Gasteiger partial charge in [0.15, 0.2) is 6.92 Å². The normalized spacial score (nSPS) is 7.67. The highest BCUT2D eigenvalue weighted by Gasteiger charge is 1.98. The van der Waals surface area contributed by atoms with Crippen molar-refractivity contribution < 1.29 is 4.79 Å². The zero-order valence-corrected chi connectivity index (χ0v) is 4.06. The quantitative estimate of drug-likeness (QED) is 0.377. The lowest BCUT2D eigenvalue weighted by atomic mass is 10.7. The molecule has 0 heterocycles. The van der Waals surface area contributed by atoms with Crippen LogP contribution in [0, 0.1) is 6.92 Å². The van der Waals surface area contributed by atoms with Crippen molar-refractivity contribution in [1.82, 2.24) is 4.90 Å². The SMILES string of the molecule is [CH2+]C(=O)N(C)C. The minimum atomic E-state index is -0.157. The topological polar surface area (TPSA) is 20.3 Å². The van der Waals surface area contributed by atoms with Crippen LogP contribution in [0.4, 0.5) is 0 Å². The van der Waals surface area contributed by atoms with E-state index in [4.69, 9.17) is 0 Å². The average molecular weight is 86.1 g/mol. The Bertz CT molecular complexity index is 58.6. The van der Waals surface area contributed by atoms with Crippen LogP contribution >= 0.6 is 0 Å². The Morgan fingerprint density at radius 3 is 1.83 bits per heavy atom. The van der Waals surface area contributed by atoms with Gasteiger partial charge in [-0.3, -0.25) is 0 Å². The number of rotatable bonds is 0. The third-order valence-electron chi connectivity index (χ3n) is 0.499. The Hall–Kier alpha value is -0.660. The molecule has 0 atom stereocenters. The van der Waals surface area contributed by atoms with Gasteiger partial charge in [0.05, 0.1) is 0 Å². The molecule has 0 bridgehead atoms. The Morgan fingerprint density at radius 1 is 1.67 bits per heavy atom. The molecule has 6 heavy (non-hydrogen) atoms. The van der Waals surface area contributed by atoms with Crippen molar-refractivity contribution in [3.63, 3.8) is 0 Å². The van der Waals surface area contributed by atoms with Crippen LogP contribution in [0.5, 0.6) is 0 Å². The van der Waals surface area contributed by atoms with Gasteiger partial charge in [0.2, 0.25) is 0 Å². The first-order valence-corrected chi connectivity index (χ1v) is 1.68. The van der Waals surface area contributed by atoms with E-state index in [1.54, 1.807) is 14.1 Å². The van der Waals surface area contributed by atoms with E-state index < -0.39 is 0 Å². The maximum absolute atomic E-state index is 9.96. The molecule has 0 aromatic heterocycles. The number of hydrogen-bond acceptors (Lipinski definition) is 1. The predicted octanol–water partition coefficient (Wildman–Crippen LogP) is -0.0913. The van der Waals surface area contributed by atoms with Crippen LogP contribution in [-0.2, 0) is 4.79 Å². The first kappa shape index (κ1) is 5.34. The van der Waals surface area contributed by atoms with Gasteiger partial charge in [0, 0.05) is 14.1 Å². The average Bonchev–Trinajstić information content (AvgIpc) is 1.36. The summed E-state index contributed by atoms with van der Waals surface area (Å²) >= 11 is 0. The van der Waals surface area contributed by atoms with Gasteiger partial charge in [-0.15, -0.1) is 0 Å². The molecule has 0 saturated heterocycles. The molecule has 2 nitrogen and oxygen atoms in total. The highest BCUT2D eigenvalue weighted by atomic mass is 16.2. The second-order valence-corrected chi connectivity index (χ2v) is 1.29. The molecule has 0 spiro atoms. The summed E-state index contributed by atoms with van der Waals surface area (Å²) in [5.41, 5.74) is 0. The lowest BCUT2D eigenvalue weighted by Crippen LogP contribution is -2.17. The fourth-order valence-electron chi connectivity index (χ4n) is 0. The summed E-state index contributed by atoms with van der Waals surface area (Å²) in [6, 6.07) is 0. The summed E-state index contributed by atoms with van der Waals surface area (Å²) in [5.74, 6) is -0.157. The van der Waals surface area contributed by atoms with E-state index in [0.717, 1.165) is 0 Å². The molecule has 0 radical (unpaired) electrons. The molecule has 34 valence electrons. The maximum Gasteiger partial charge on any atom is 0.401 e. The molecule has 0 N–H and O–H groups in total. The fraction of sp³-hybridized carbons (Fsp3) is 0.500. The molecule has 0 fully saturated rings. The molecular formula is C4H8NO+. The van der Waals surface area contributed by atoms with Crippen LogP contribution in [0.2, 0.25) is 0 Å². The molecule has 1 amide bonds. The van der Waals surface area contributed by atoms with E-state index in [2.05, 4.69) is 6.92 Å². The van der Waals surface area contributed by atoms with Crippen LogP contribution in [-0.4, -0.2) is 24.9 Å². The summed E-state index contributed by atoms with van der Waals surface area (Å²) in [5, 5.41) is 0. The summed E-state index contributed by atoms with van der Waals surface area (Å²) in [6.07, 6.45) is 0. The van der Waals surface area contributed by atoms with Crippen LogP contribution in [0.15, 0.2) is 0 Å². The number of amides is 1. The van der Waals surface area contributed by atoms with Gasteiger partial charge in [-0.25, -0.2) is 4.79 Å². The molecule has 0 aliphatic heterocycles. The number of hydrogen-bond donors (Lipinski definition) is 0. The minimum absolute atomic E-state index is 0.157. The first-order valence-electron chi connectivity index (χ1n) is 1.68. The third-order valence-corrected chi connectivity index (χ3v) is 0.499. The predicted molar refractivity (Wildman–Crippen MR) is 24.1 cm³/mol. The highest BCUT2D eigenvalue weighted by Crippen LogP contribution is 1.68. The molecule has 0 unspecified atom stereocenters. The number of nitrogens with zero attached hydrogens (tertiary/aromatic N) is 1. The first-order chi connectivity index (χ1) is 2.64. The summed E-state index contributed by atoms with van der Waals surface area (Å²) in [7, 11) is 3.32. The zero-order chi connectivity index (χ0) is 5.15. The van der Waals surface area contributed by atoms with Crippen molar-refractivity contribution in [2.75, 3.05) is 14.1 Å². The third kappa shape index (κ3) is 1.64. The molecule has 0 rings (SSSR count). The van der Waals surface area contributed by atoms with Gasteiger partial charge in [0.25, 0.3) is 0 Å². The second-order valence-electron chi connectivity index (χ2n) is 1.29. The van der Waals surface area contributed by atoms with E-state index >= 15 is 0 Å². The van der Waals surface area contributed by atoms with Crippen molar-refractivity contribution in [3.8, 4) is 0 Å². The van der Waals surface area contributed by atoms with Gasteiger partial charge in [-0.1, -0.05) is 0 Å². The van der Waals surface area contributed by atoms with Crippen LogP contribution in [0.1, 0.15) is 0 Å². The lowest BCUT2D eigenvalue weighted by molar-refractivity contribution is -0.123. The maximum atomic E-state index is 9.96. The Balaban J connectivity index is 3.26. The lowest BCUT2D eigenvalue weighted by Gasteiger charge is -1.95. The summed E-state index contributed by atoms with van der Waals surface area (Å²) in [4.78, 5) is 11.4. The van der Waals surface area contributed by atoms with Crippen molar-refractivity contribution in [2.24, 2.45) is 0 Å². The molecule has 0 saturated carbocycles. The Labute approximate surface area is 37.8 Å². The van der Waals surface area contributed by atoms with Crippen molar-refractivity contribution >= 4 is 5.91 Å². The minimum Gasteiger partial charge on any atom is -0.309 e. The Kier molecular flexibility index (Phi) is 1.51.